The number of methoxy groups -OCH3 is 1. The molecule has 0 saturated carbocycles. The number of aryl methyl sites for hydroxylation is 2. The highest BCUT2D eigenvalue weighted by Crippen LogP contribution is 2.33. The second-order valence-electron chi connectivity index (χ2n) is 8.41. The summed E-state index contributed by atoms with van der Waals surface area (Å²) in [5.74, 6) is -0.923. The number of benzene rings is 1. The molecule has 2 aromatic heterocycles. The average molecular weight is 483 g/mol. The first-order valence-corrected chi connectivity index (χ1v) is 11.6. The van der Waals surface area contributed by atoms with Gasteiger partial charge in [-0.05, 0) is 30.9 Å². The summed E-state index contributed by atoms with van der Waals surface area (Å²) in [7, 11) is 1.30. The van der Waals surface area contributed by atoms with E-state index in [1.165, 1.54) is 7.11 Å². The predicted octanol–water partition coefficient (Wildman–Crippen LogP) is 1.95. The average Bonchev–Trinajstić information content (AvgIpc) is 3.53. The van der Waals surface area contributed by atoms with Crippen LogP contribution in [-0.2, 0) is 27.2 Å². The van der Waals surface area contributed by atoms with Crippen LogP contribution in [0.4, 0.5) is 11.4 Å². The summed E-state index contributed by atoms with van der Waals surface area (Å²) >= 11 is 0. The fraction of sp³-hybridized carbons (Fsp3) is 0.400. The molecule has 186 valence electrons. The van der Waals surface area contributed by atoms with Gasteiger partial charge in [0.1, 0.15) is 11.8 Å². The normalized spacial score (nSPS) is 16.3. The number of pyridine rings is 1. The third-order valence-electron chi connectivity index (χ3n) is 5.97. The minimum absolute atomic E-state index is 0.111. The second kappa shape index (κ2) is 11.3. The smallest absolute Gasteiger partial charge is 0.356 e. The van der Waals surface area contributed by atoms with Gasteiger partial charge in [-0.15, -0.1) is 0 Å². The van der Waals surface area contributed by atoms with E-state index in [1.54, 1.807) is 16.8 Å². The van der Waals surface area contributed by atoms with Gasteiger partial charge in [-0.1, -0.05) is 30.3 Å². The maximum atomic E-state index is 13.0. The quantitative estimate of drug-likeness (QED) is 0.322. The zero-order chi connectivity index (χ0) is 24.8. The molecule has 1 aliphatic rings. The van der Waals surface area contributed by atoms with Crippen molar-refractivity contribution in [3.05, 3.63) is 53.9 Å². The summed E-state index contributed by atoms with van der Waals surface area (Å²) in [6, 6.07) is 11.6. The molecule has 1 saturated heterocycles. The van der Waals surface area contributed by atoms with Crippen LogP contribution in [-0.4, -0.2) is 70.7 Å². The number of ether oxygens (including phenoxy) is 2. The lowest BCUT2D eigenvalue weighted by atomic mass is 10.1. The second-order valence-corrected chi connectivity index (χ2v) is 8.41. The van der Waals surface area contributed by atoms with Gasteiger partial charge in [0, 0.05) is 25.1 Å². The number of aromatic nitrogens is 2. The van der Waals surface area contributed by atoms with Crippen molar-refractivity contribution in [2.45, 2.75) is 38.0 Å². The van der Waals surface area contributed by atoms with Gasteiger partial charge >= 0.3 is 5.97 Å². The van der Waals surface area contributed by atoms with Crippen molar-refractivity contribution in [1.82, 2.24) is 9.55 Å². The Morgan fingerprint density at radius 1 is 1.31 bits per heavy atom. The standard InChI is InChI=1S/C25H30N4O6/c1-34-25(33)22-21(28-24(32)20-8-5-11-35-20)19-12-17(26-14-18(31)15-30)13-27-23(19)29(22)10-9-16-6-3-2-4-7-16/h2-4,6-7,12-13,18,20,26,30-31H,5,8-11,14-15H2,1H3,(H,28,32). The molecule has 0 radical (unpaired) electrons. The minimum Gasteiger partial charge on any atom is -0.464 e. The third-order valence-corrected chi connectivity index (χ3v) is 5.97. The van der Waals surface area contributed by atoms with Gasteiger partial charge in [0.2, 0.25) is 0 Å². The number of hydrogen-bond acceptors (Lipinski definition) is 8. The van der Waals surface area contributed by atoms with E-state index in [0.717, 1.165) is 12.0 Å². The highest BCUT2D eigenvalue weighted by molar-refractivity contribution is 6.12. The van der Waals surface area contributed by atoms with Crippen LogP contribution in [0.3, 0.4) is 0 Å². The van der Waals surface area contributed by atoms with E-state index in [-0.39, 0.29) is 24.8 Å². The summed E-state index contributed by atoms with van der Waals surface area (Å²) in [5.41, 5.74) is 2.67. The number of rotatable bonds is 10. The Hall–Kier alpha value is -3.47. The van der Waals surface area contributed by atoms with E-state index in [4.69, 9.17) is 14.6 Å². The number of esters is 1. The minimum atomic E-state index is -0.939. The van der Waals surface area contributed by atoms with Crippen molar-refractivity contribution in [2.24, 2.45) is 0 Å². The molecule has 2 atom stereocenters. The zero-order valence-corrected chi connectivity index (χ0v) is 19.6. The van der Waals surface area contributed by atoms with E-state index >= 15 is 0 Å². The van der Waals surface area contributed by atoms with Gasteiger partial charge < -0.3 is 34.9 Å². The van der Waals surface area contributed by atoms with E-state index < -0.39 is 18.2 Å². The molecule has 2 unspecified atom stereocenters. The van der Waals surface area contributed by atoms with Crippen LogP contribution in [0.25, 0.3) is 11.0 Å². The summed E-state index contributed by atoms with van der Waals surface area (Å²) in [6.45, 7) is 0.681. The summed E-state index contributed by atoms with van der Waals surface area (Å²) < 4.78 is 12.4. The van der Waals surface area contributed by atoms with Crippen LogP contribution >= 0.6 is 0 Å². The number of aliphatic hydroxyl groups excluding tert-OH is 2. The Balaban J connectivity index is 1.76. The Morgan fingerprint density at radius 2 is 2.11 bits per heavy atom. The largest absolute Gasteiger partial charge is 0.464 e. The fourth-order valence-electron chi connectivity index (χ4n) is 4.15. The lowest BCUT2D eigenvalue weighted by Gasteiger charge is -2.13. The predicted molar refractivity (Wildman–Crippen MR) is 130 cm³/mol. The molecular formula is C25H30N4O6. The highest BCUT2D eigenvalue weighted by atomic mass is 16.5. The lowest BCUT2D eigenvalue weighted by Crippen LogP contribution is -2.28. The summed E-state index contributed by atoms with van der Waals surface area (Å²) in [4.78, 5) is 30.5. The molecule has 1 amide bonds. The van der Waals surface area contributed by atoms with Crippen molar-refractivity contribution >= 4 is 34.3 Å². The highest BCUT2D eigenvalue weighted by Gasteiger charge is 2.30. The monoisotopic (exact) mass is 482 g/mol. The molecular weight excluding hydrogens is 452 g/mol. The van der Waals surface area contributed by atoms with Gasteiger partial charge in [0.25, 0.3) is 5.91 Å². The van der Waals surface area contributed by atoms with Gasteiger partial charge in [0.15, 0.2) is 5.69 Å². The number of anilines is 2. The van der Waals surface area contributed by atoms with Gasteiger partial charge in [-0.2, -0.15) is 0 Å². The van der Waals surface area contributed by atoms with Crippen LogP contribution in [0, 0.1) is 0 Å². The molecule has 0 bridgehead atoms. The van der Waals surface area contributed by atoms with Crippen LogP contribution in [0.2, 0.25) is 0 Å². The molecule has 4 rings (SSSR count). The molecule has 0 aliphatic carbocycles. The molecule has 3 heterocycles. The Labute approximate surface area is 202 Å². The number of carbonyl (C=O) groups is 2. The summed E-state index contributed by atoms with van der Waals surface area (Å²) in [5, 5.41) is 25.2. The number of aliphatic hydroxyl groups is 2. The van der Waals surface area contributed by atoms with Crippen LogP contribution in [0.5, 0.6) is 0 Å². The first-order valence-electron chi connectivity index (χ1n) is 11.6. The first-order chi connectivity index (χ1) is 17.0. The molecule has 4 N–H and O–H groups in total. The Morgan fingerprint density at radius 3 is 2.80 bits per heavy atom. The van der Waals surface area contributed by atoms with Gasteiger partial charge in [-0.25, -0.2) is 9.78 Å². The zero-order valence-electron chi connectivity index (χ0n) is 19.6. The Kier molecular flexibility index (Phi) is 7.96. The van der Waals surface area contributed by atoms with E-state index in [2.05, 4.69) is 15.6 Å². The maximum absolute atomic E-state index is 13.0. The molecule has 35 heavy (non-hydrogen) atoms. The third kappa shape index (κ3) is 5.61. The van der Waals surface area contributed by atoms with Crippen molar-refractivity contribution in [3.8, 4) is 0 Å². The van der Waals surface area contributed by atoms with Gasteiger partial charge in [-0.3, -0.25) is 4.79 Å². The number of carbonyl (C=O) groups excluding carboxylic acids is 2. The van der Waals surface area contributed by atoms with E-state index in [0.29, 0.717) is 48.4 Å². The SMILES string of the molecule is COC(=O)c1c(NC(=O)C2CCCO2)c2cc(NCC(O)CO)cnc2n1CCc1ccccc1. The molecule has 1 aromatic carbocycles. The number of amides is 1. The van der Waals surface area contributed by atoms with Crippen molar-refractivity contribution < 1.29 is 29.3 Å². The molecule has 1 aliphatic heterocycles. The molecule has 10 heteroatoms. The Bertz CT molecular complexity index is 1170. The number of hydrogen-bond donors (Lipinski definition) is 4. The van der Waals surface area contributed by atoms with Crippen molar-refractivity contribution in [2.75, 3.05) is 37.5 Å². The fourth-order valence-corrected chi connectivity index (χ4v) is 4.15. The van der Waals surface area contributed by atoms with E-state index in [1.807, 2.05) is 30.3 Å². The van der Waals surface area contributed by atoms with Crippen LogP contribution in [0.15, 0.2) is 42.6 Å². The topological polar surface area (TPSA) is 135 Å². The van der Waals surface area contributed by atoms with E-state index in [9.17, 15) is 14.7 Å². The van der Waals surface area contributed by atoms with Crippen molar-refractivity contribution in [1.29, 1.82) is 0 Å². The molecule has 10 nitrogen and oxygen atoms in total. The number of fused-ring (bicyclic) bond motifs is 1. The lowest BCUT2D eigenvalue weighted by molar-refractivity contribution is -0.124. The molecule has 3 aromatic rings. The molecule has 1 fully saturated rings. The summed E-state index contributed by atoms with van der Waals surface area (Å²) in [6.07, 6.45) is 2.10. The first kappa shape index (κ1) is 24.6. The molecule has 0 spiro atoms. The van der Waals surface area contributed by atoms with Crippen molar-refractivity contribution in [3.63, 3.8) is 0 Å². The number of nitrogens with zero attached hydrogens (tertiary/aromatic N) is 2. The van der Waals surface area contributed by atoms with Crippen LogP contribution < -0.4 is 10.6 Å². The van der Waals surface area contributed by atoms with Gasteiger partial charge in [0.05, 0.1) is 37.4 Å². The van der Waals surface area contributed by atoms with Crippen LogP contribution in [0.1, 0.15) is 28.9 Å². The maximum Gasteiger partial charge on any atom is 0.356 e. The number of nitrogens with one attached hydrogen (secondary N) is 2.